The normalized spacial score (nSPS) is 16.6. The van der Waals surface area contributed by atoms with Crippen LogP contribution in [0.1, 0.15) is 41.3 Å². The molecule has 0 bridgehead atoms. The summed E-state index contributed by atoms with van der Waals surface area (Å²) in [6, 6.07) is 9.63. The highest BCUT2D eigenvalue weighted by Gasteiger charge is 2.44. The quantitative estimate of drug-likeness (QED) is 0.648. The molecule has 1 amide bonds. The Balaban J connectivity index is 1.99. The van der Waals surface area contributed by atoms with Gasteiger partial charge in [0.1, 0.15) is 11.5 Å². The van der Waals surface area contributed by atoms with Crippen LogP contribution >= 0.6 is 0 Å². The number of Topliss-reactive ketones (excluding diaryl/α,β-unsaturated/α-hetero) is 1. The second kappa shape index (κ2) is 8.96. The van der Waals surface area contributed by atoms with Crippen molar-refractivity contribution in [1.29, 1.82) is 0 Å². The van der Waals surface area contributed by atoms with E-state index < -0.39 is 23.5 Å². The lowest BCUT2D eigenvalue weighted by Gasteiger charge is -2.26. The highest BCUT2D eigenvalue weighted by atomic mass is 16.5. The first-order valence-corrected chi connectivity index (χ1v) is 9.54. The van der Waals surface area contributed by atoms with Crippen LogP contribution in [0.15, 0.2) is 52.1 Å². The van der Waals surface area contributed by atoms with Crippen molar-refractivity contribution < 1.29 is 28.6 Å². The third-order valence-corrected chi connectivity index (χ3v) is 4.72. The standard InChI is InChI=1S/C22H25NO6/c1-4-12-28-16-8-6-15(7-9-16)19-18(20(24)17-10-5-14(2)29-17)21(25)22(26)23(19)11-13-27-3/h5-10,19,25H,4,11-13H2,1-3H3/t19-/m0/s1. The lowest BCUT2D eigenvalue weighted by molar-refractivity contribution is -0.130. The summed E-state index contributed by atoms with van der Waals surface area (Å²) >= 11 is 0. The van der Waals surface area contributed by atoms with Crippen LogP contribution in [0.25, 0.3) is 0 Å². The summed E-state index contributed by atoms with van der Waals surface area (Å²) < 4.78 is 16.1. The number of carbonyl (C=O) groups is 2. The van der Waals surface area contributed by atoms with Crippen molar-refractivity contribution in [2.75, 3.05) is 26.9 Å². The molecule has 2 heterocycles. The zero-order valence-electron chi connectivity index (χ0n) is 16.8. The van der Waals surface area contributed by atoms with Crippen molar-refractivity contribution in [3.63, 3.8) is 0 Å². The maximum atomic E-state index is 13.1. The number of furan rings is 1. The maximum Gasteiger partial charge on any atom is 0.290 e. The number of carbonyl (C=O) groups excluding carboxylic acids is 2. The summed E-state index contributed by atoms with van der Waals surface area (Å²) in [4.78, 5) is 27.2. The Morgan fingerprint density at radius 2 is 1.90 bits per heavy atom. The first-order chi connectivity index (χ1) is 14.0. The second-order valence-electron chi connectivity index (χ2n) is 6.81. The van der Waals surface area contributed by atoms with Gasteiger partial charge in [0.15, 0.2) is 11.5 Å². The highest BCUT2D eigenvalue weighted by Crippen LogP contribution is 2.39. The Bertz CT molecular complexity index is 912. The number of ether oxygens (including phenoxy) is 2. The van der Waals surface area contributed by atoms with Crippen molar-refractivity contribution in [3.05, 3.63) is 64.8 Å². The molecule has 0 aliphatic carbocycles. The van der Waals surface area contributed by atoms with E-state index in [-0.39, 0.29) is 24.5 Å². The number of benzene rings is 1. The number of hydrogen-bond donors (Lipinski definition) is 1. The minimum Gasteiger partial charge on any atom is -0.503 e. The van der Waals surface area contributed by atoms with E-state index in [9.17, 15) is 14.7 Å². The number of rotatable bonds is 9. The first kappa shape index (κ1) is 20.7. The van der Waals surface area contributed by atoms with Crippen molar-refractivity contribution in [1.82, 2.24) is 4.90 Å². The lowest BCUT2D eigenvalue weighted by Crippen LogP contribution is -2.34. The monoisotopic (exact) mass is 399 g/mol. The van der Waals surface area contributed by atoms with E-state index in [4.69, 9.17) is 13.9 Å². The van der Waals surface area contributed by atoms with Crippen LogP contribution in [0, 0.1) is 6.92 Å². The van der Waals surface area contributed by atoms with Gasteiger partial charge in [-0.1, -0.05) is 19.1 Å². The summed E-state index contributed by atoms with van der Waals surface area (Å²) in [6.45, 7) is 4.85. The SMILES string of the molecule is CCCOc1ccc([C@H]2C(C(=O)c3ccc(C)o3)=C(O)C(=O)N2CCOC)cc1. The molecule has 3 rings (SSSR count). The molecule has 1 atom stereocenters. The number of amides is 1. The summed E-state index contributed by atoms with van der Waals surface area (Å²) in [6.07, 6.45) is 0.890. The molecule has 1 aromatic carbocycles. The molecule has 29 heavy (non-hydrogen) atoms. The molecule has 7 nitrogen and oxygen atoms in total. The minimum absolute atomic E-state index is 0.00248. The summed E-state index contributed by atoms with van der Waals surface area (Å²) in [5, 5.41) is 10.5. The van der Waals surface area contributed by atoms with Crippen LogP contribution in [0.5, 0.6) is 5.75 Å². The molecule has 1 aliphatic rings. The molecular formula is C22H25NO6. The third-order valence-electron chi connectivity index (χ3n) is 4.72. The van der Waals surface area contributed by atoms with E-state index in [0.29, 0.717) is 23.7 Å². The van der Waals surface area contributed by atoms with Gasteiger partial charge in [0, 0.05) is 13.7 Å². The van der Waals surface area contributed by atoms with Gasteiger partial charge >= 0.3 is 0 Å². The van der Waals surface area contributed by atoms with E-state index in [0.717, 1.165) is 6.42 Å². The molecule has 0 fully saturated rings. The largest absolute Gasteiger partial charge is 0.503 e. The Morgan fingerprint density at radius 3 is 2.48 bits per heavy atom. The van der Waals surface area contributed by atoms with Gasteiger partial charge in [-0.25, -0.2) is 0 Å². The van der Waals surface area contributed by atoms with Crippen molar-refractivity contribution in [2.24, 2.45) is 0 Å². The van der Waals surface area contributed by atoms with Gasteiger partial charge in [0.05, 0.1) is 24.8 Å². The Morgan fingerprint density at radius 1 is 1.17 bits per heavy atom. The molecule has 1 aromatic heterocycles. The molecular weight excluding hydrogens is 374 g/mol. The zero-order chi connectivity index (χ0) is 21.0. The van der Waals surface area contributed by atoms with Crippen LogP contribution in [-0.4, -0.2) is 48.6 Å². The number of aliphatic hydroxyl groups excluding tert-OH is 1. The van der Waals surface area contributed by atoms with Crippen molar-refractivity contribution in [2.45, 2.75) is 26.3 Å². The molecule has 2 aromatic rings. The number of aliphatic hydroxyl groups is 1. The first-order valence-electron chi connectivity index (χ1n) is 9.54. The summed E-state index contributed by atoms with van der Waals surface area (Å²) in [7, 11) is 1.53. The highest BCUT2D eigenvalue weighted by molar-refractivity contribution is 6.15. The fourth-order valence-corrected chi connectivity index (χ4v) is 3.31. The van der Waals surface area contributed by atoms with Crippen LogP contribution in [0.4, 0.5) is 0 Å². The molecule has 0 unspecified atom stereocenters. The van der Waals surface area contributed by atoms with Gasteiger partial charge in [0.2, 0.25) is 5.78 Å². The van der Waals surface area contributed by atoms with Crippen LogP contribution < -0.4 is 4.74 Å². The molecule has 1 N–H and O–H groups in total. The fourth-order valence-electron chi connectivity index (χ4n) is 3.31. The van der Waals surface area contributed by atoms with Gasteiger partial charge in [-0.3, -0.25) is 9.59 Å². The predicted octanol–water partition coefficient (Wildman–Crippen LogP) is 3.60. The number of nitrogens with zero attached hydrogens (tertiary/aromatic N) is 1. The predicted molar refractivity (Wildman–Crippen MR) is 106 cm³/mol. The number of methoxy groups -OCH3 is 1. The number of aryl methyl sites for hydroxylation is 1. The van der Waals surface area contributed by atoms with Crippen LogP contribution in [0.2, 0.25) is 0 Å². The van der Waals surface area contributed by atoms with Gasteiger partial charge in [-0.15, -0.1) is 0 Å². The average molecular weight is 399 g/mol. The van der Waals surface area contributed by atoms with Gasteiger partial charge in [0.25, 0.3) is 5.91 Å². The summed E-state index contributed by atoms with van der Waals surface area (Å²) in [5.41, 5.74) is 0.691. The lowest BCUT2D eigenvalue weighted by atomic mass is 9.95. The van der Waals surface area contributed by atoms with Gasteiger partial charge in [-0.05, 0) is 43.2 Å². The molecule has 0 radical (unpaired) electrons. The van der Waals surface area contributed by atoms with Crippen LogP contribution in [-0.2, 0) is 9.53 Å². The Kier molecular flexibility index (Phi) is 6.39. The minimum atomic E-state index is -0.740. The molecule has 0 saturated carbocycles. The third kappa shape index (κ3) is 4.19. The van der Waals surface area contributed by atoms with E-state index in [2.05, 4.69) is 0 Å². The van der Waals surface area contributed by atoms with Crippen LogP contribution in [0.3, 0.4) is 0 Å². The van der Waals surface area contributed by atoms with E-state index in [1.165, 1.54) is 12.0 Å². The maximum absolute atomic E-state index is 13.1. The number of ketones is 1. The molecule has 154 valence electrons. The summed E-state index contributed by atoms with van der Waals surface area (Å²) in [5.74, 6) is -0.325. The fraction of sp³-hybridized carbons (Fsp3) is 0.364. The molecule has 7 heteroatoms. The Labute approximate surface area is 169 Å². The Hall–Kier alpha value is -3.06. The van der Waals surface area contributed by atoms with E-state index >= 15 is 0 Å². The van der Waals surface area contributed by atoms with E-state index in [1.54, 1.807) is 43.3 Å². The zero-order valence-corrected chi connectivity index (χ0v) is 16.8. The second-order valence-corrected chi connectivity index (χ2v) is 6.81. The van der Waals surface area contributed by atoms with Crippen molar-refractivity contribution in [3.8, 4) is 5.75 Å². The smallest absolute Gasteiger partial charge is 0.290 e. The molecule has 1 aliphatic heterocycles. The number of hydrogen-bond acceptors (Lipinski definition) is 6. The topological polar surface area (TPSA) is 89.2 Å². The molecule has 0 spiro atoms. The molecule has 0 saturated heterocycles. The van der Waals surface area contributed by atoms with Gasteiger partial charge < -0.3 is 23.9 Å². The van der Waals surface area contributed by atoms with Gasteiger partial charge in [-0.2, -0.15) is 0 Å². The average Bonchev–Trinajstić information content (AvgIpc) is 3.27. The van der Waals surface area contributed by atoms with Crippen molar-refractivity contribution >= 4 is 11.7 Å². The van der Waals surface area contributed by atoms with E-state index in [1.807, 2.05) is 6.92 Å².